The first-order chi connectivity index (χ1) is 24.4. The number of amides is 4. The fraction of sp³-hybridized carbons (Fsp3) is 0.229. The minimum atomic E-state index is -0.436. The van der Waals surface area contributed by atoms with Crippen molar-refractivity contribution in [2.45, 2.75) is 6.42 Å². The summed E-state index contributed by atoms with van der Waals surface area (Å²) in [6.45, 7) is 1.92. The minimum Gasteiger partial charge on any atom is -0.388 e. The highest BCUT2D eigenvalue weighted by Gasteiger charge is 2.18. The van der Waals surface area contributed by atoms with E-state index < -0.39 is 11.8 Å². The molecule has 0 spiro atoms. The van der Waals surface area contributed by atoms with E-state index in [1.807, 2.05) is 12.1 Å². The van der Waals surface area contributed by atoms with Crippen LogP contribution in [0, 0.1) is 5.41 Å². The van der Waals surface area contributed by atoms with Crippen LogP contribution in [0.3, 0.4) is 0 Å². The van der Waals surface area contributed by atoms with Gasteiger partial charge in [0.05, 0.1) is 17.2 Å². The number of aromatic nitrogens is 3. The van der Waals surface area contributed by atoms with Crippen LogP contribution in [0.15, 0.2) is 73.1 Å². The molecule has 0 atom stereocenters. The highest BCUT2D eigenvalue weighted by Crippen LogP contribution is 2.23. The number of nitrogens with zero attached hydrogens (tertiary/aromatic N) is 3. The van der Waals surface area contributed by atoms with Gasteiger partial charge in [0.15, 0.2) is 0 Å². The Kier molecular flexibility index (Phi) is 12.0. The van der Waals surface area contributed by atoms with Crippen LogP contribution in [0.4, 0.5) is 22.7 Å². The number of nitrogens with two attached hydrogens (primary N) is 1. The third kappa shape index (κ3) is 9.26. The van der Waals surface area contributed by atoms with E-state index in [0.717, 1.165) is 34.8 Å². The van der Waals surface area contributed by atoms with Gasteiger partial charge >= 0.3 is 0 Å². The molecule has 0 aliphatic carbocycles. The monoisotopic (exact) mass is 820 g/mol. The van der Waals surface area contributed by atoms with Crippen LogP contribution in [-0.4, -0.2) is 73.9 Å². The second-order valence-corrected chi connectivity index (χ2v) is 13.3. The molecule has 266 valence electrons. The molecular weight excluding hydrogens is 784 g/mol. The summed E-state index contributed by atoms with van der Waals surface area (Å²) in [5, 5.41) is 20.9. The molecule has 0 aliphatic heterocycles. The molecule has 0 aliphatic rings. The highest BCUT2D eigenvalue weighted by molar-refractivity contribution is 9.09. The van der Waals surface area contributed by atoms with Gasteiger partial charge in [0, 0.05) is 91.0 Å². The molecule has 51 heavy (non-hydrogen) atoms. The van der Waals surface area contributed by atoms with Crippen molar-refractivity contribution in [3.05, 3.63) is 95.7 Å². The molecule has 0 saturated heterocycles. The Morgan fingerprint density at radius 1 is 0.765 bits per heavy atom. The Balaban J connectivity index is 1.20. The summed E-state index contributed by atoms with van der Waals surface area (Å²) in [6.07, 6.45) is 3.47. The lowest BCUT2D eigenvalue weighted by molar-refractivity contribution is 0.0944. The van der Waals surface area contributed by atoms with Gasteiger partial charge in [-0.05, 0) is 60.7 Å². The topological polar surface area (TPSA) is 195 Å². The standard InChI is InChI=1S/C35H38Br2N10O4/c1-45-20-25(17-29(45)34(50)40-12-9-31(38)39)43-35(51)30-18-24(19-46(30)2)42-33(49)28-16-22-15-23(5-8-27(22)44-28)41-32(48)21-3-6-26(7-4-21)47(13-10-36)14-11-37/h3-8,15-20,44H,9-14H2,1-2H3,(H3,38,39)(H,40,50)(H,41,48)(H,42,49)(H,43,51). The number of aryl methyl sites for hydroxylation is 2. The fourth-order valence-electron chi connectivity index (χ4n) is 5.45. The van der Waals surface area contributed by atoms with Crippen molar-refractivity contribution in [3.63, 3.8) is 0 Å². The predicted molar refractivity (Wildman–Crippen MR) is 208 cm³/mol. The van der Waals surface area contributed by atoms with Crippen molar-refractivity contribution in [2.75, 3.05) is 51.1 Å². The smallest absolute Gasteiger partial charge is 0.272 e. The maximum atomic E-state index is 13.2. The van der Waals surface area contributed by atoms with Gasteiger partial charge in [0.1, 0.15) is 17.1 Å². The first-order valence-corrected chi connectivity index (χ1v) is 18.2. The molecule has 5 rings (SSSR count). The van der Waals surface area contributed by atoms with E-state index >= 15 is 0 Å². The molecule has 0 radical (unpaired) electrons. The van der Waals surface area contributed by atoms with Crippen molar-refractivity contribution >= 4 is 95.0 Å². The van der Waals surface area contributed by atoms with Gasteiger partial charge in [-0.25, -0.2) is 0 Å². The number of rotatable bonds is 15. The van der Waals surface area contributed by atoms with Crippen LogP contribution in [0.2, 0.25) is 0 Å². The maximum Gasteiger partial charge on any atom is 0.272 e. The van der Waals surface area contributed by atoms with Crippen LogP contribution in [0.5, 0.6) is 0 Å². The maximum absolute atomic E-state index is 13.2. The number of hydrogen-bond acceptors (Lipinski definition) is 6. The summed E-state index contributed by atoms with van der Waals surface area (Å²) in [6, 6.07) is 17.6. The van der Waals surface area contributed by atoms with E-state index in [1.165, 1.54) is 0 Å². The molecule has 3 aromatic heterocycles. The molecule has 0 unspecified atom stereocenters. The molecule has 4 amide bonds. The number of aromatic amines is 1. The first-order valence-electron chi connectivity index (χ1n) is 15.9. The second kappa shape index (κ2) is 16.6. The molecule has 0 fully saturated rings. The molecule has 3 heterocycles. The average Bonchev–Trinajstić information content (AvgIpc) is 3.80. The van der Waals surface area contributed by atoms with Gasteiger partial charge in [0.25, 0.3) is 23.6 Å². The SMILES string of the molecule is Cn1cc(NC(=O)c2cc(NC(=O)c3cc4cc(NC(=O)c5ccc(N(CCBr)CCBr)cc5)ccc4[nH]3)cn2C)cc1C(=O)NCCC(=N)N. The molecular formula is C35H38Br2N10O4. The van der Waals surface area contributed by atoms with Crippen molar-refractivity contribution in [1.82, 2.24) is 19.4 Å². The molecule has 2 aromatic carbocycles. The van der Waals surface area contributed by atoms with Crippen LogP contribution >= 0.6 is 31.9 Å². The number of benzene rings is 2. The van der Waals surface area contributed by atoms with E-state index in [2.05, 4.69) is 63.0 Å². The number of halogens is 2. The summed E-state index contributed by atoms with van der Waals surface area (Å²) in [7, 11) is 3.36. The average molecular weight is 823 g/mol. The first kappa shape index (κ1) is 36.9. The summed E-state index contributed by atoms with van der Waals surface area (Å²) in [5.74, 6) is -1.48. The molecule has 0 saturated carbocycles. The lowest BCUT2D eigenvalue weighted by Crippen LogP contribution is -2.28. The number of fused-ring (bicyclic) bond motifs is 1. The number of carbonyl (C=O) groups is 4. The van der Waals surface area contributed by atoms with Gasteiger partial charge in [-0.15, -0.1) is 0 Å². The Morgan fingerprint density at radius 2 is 1.35 bits per heavy atom. The second-order valence-electron chi connectivity index (χ2n) is 11.7. The summed E-state index contributed by atoms with van der Waals surface area (Å²) < 4.78 is 3.16. The van der Waals surface area contributed by atoms with E-state index in [0.29, 0.717) is 39.5 Å². The number of carbonyl (C=O) groups excluding carboxylic acids is 4. The molecule has 16 heteroatoms. The largest absolute Gasteiger partial charge is 0.388 e. The number of alkyl halides is 2. The third-order valence-electron chi connectivity index (χ3n) is 8.00. The van der Waals surface area contributed by atoms with Gasteiger partial charge in [-0.1, -0.05) is 31.9 Å². The van der Waals surface area contributed by atoms with Gasteiger partial charge in [0.2, 0.25) is 0 Å². The van der Waals surface area contributed by atoms with E-state index in [1.54, 1.807) is 84.2 Å². The number of anilines is 4. The van der Waals surface area contributed by atoms with Gasteiger partial charge < -0.3 is 46.0 Å². The van der Waals surface area contributed by atoms with Crippen LogP contribution < -0.4 is 31.9 Å². The Morgan fingerprint density at radius 3 is 1.96 bits per heavy atom. The highest BCUT2D eigenvalue weighted by atomic mass is 79.9. The molecule has 5 aromatic rings. The Bertz CT molecular complexity index is 2080. The van der Waals surface area contributed by atoms with E-state index in [4.69, 9.17) is 11.1 Å². The summed E-state index contributed by atoms with van der Waals surface area (Å²) >= 11 is 6.98. The molecule has 0 bridgehead atoms. The lowest BCUT2D eigenvalue weighted by Gasteiger charge is -2.23. The zero-order valence-electron chi connectivity index (χ0n) is 28.0. The van der Waals surface area contributed by atoms with E-state index in [9.17, 15) is 19.2 Å². The van der Waals surface area contributed by atoms with Gasteiger partial charge in [-0.3, -0.25) is 24.6 Å². The Hall–Kier alpha value is -5.35. The zero-order chi connectivity index (χ0) is 36.7. The van der Waals surface area contributed by atoms with Crippen LogP contribution in [0.1, 0.15) is 48.2 Å². The normalized spacial score (nSPS) is 10.9. The molecule has 14 nitrogen and oxygen atoms in total. The number of hydrogen-bond donors (Lipinski definition) is 7. The van der Waals surface area contributed by atoms with Crippen molar-refractivity contribution in [1.29, 1.82) is 5.41 Å². The third-order valence-corrected chi connectivity index (χ3v) is 8.71. The predicted octanol–water partition coefficient (Wildman–Crippen LogP) is 5.25. The molecule has 8 N–H and O–H groups in total. The van der Waals surface area contributed by atoms with Crippen molar-refractivity contribution in [2.24, 2.45) is 19.8 Å². The van der Waals surface area contributed by atoms with E-state index in [-0.39, 0.29) is 36.3 Å². The lowest BCUT2D eigenvalue weighted by atomic mass is 10.1. The zero-order valence-corrected chi connectivity index (χ0v) is 31.2. The number of amidine groups is 1. The number of nitrogens with one attached hydrogen (secondary N) is 6. The fourth-order valence-corrected chi connectivity index (χ4v) is 6.30. The summed E-state index contributed by atoms with van der Waals surface area (Å²) in [5.41, 5.74) is 9.92. The van der Waals surface area contributed by atoms with Crippen molar-refractivity contribution in [3.8, 4) is 0 Å². The number of H-pyrrole nitrogens is 1. The van der Waals surface area contributed by atoms with Crippen LogP contribution in [-0.2, 0) is 14.1 Å². The summed E-state index contributed by atoms with van der Waals surface area (Å²) in [4.78, 5) is 57.1. The minimum absolute atomic E-state index is 0.0250. The Labute approximate surface area is 310 Å². The quantitative estimate of drug-likeness (QED) is 0.0428. The van der Waals surface area contributed by atoms with Crippen molar-refractivity contribution < 1.29 is 19.2 Å². The van der Waals surface area contributed by atoms with Crippen LogP contribution in [0.25, 0.3) is 10.9 Å². The van der Waals surface area contributed by atoms with Gasteiger partial charge in [-0.2, -0.15) is 0 Å².